The van der Waals surface area contributed by atoms with Crippen LogP contribution in [0.5, 0.6) is 5.75 Å². The molecule has 0 atom stereocenters. The summed E-state index contributed by atoms with van der Waals surface area (Å²) in [6, 6.07) is 4.09. The predicted molar refractivity (Wildman–Crippen MR) is 50.1 cm³/mol. The number of anilines is 1. The van der Waals surface area contributed by atoms with Crippen molar-refractivity contribution in [3.8, 4) is 5.75 Å². The van der Waals surface area contributed by atoms with Gasteiger partial charge in [0.15, 0.2) is 0 Å². The third-order valence-corrected chi connectivity index (χ3v) is 1.59. The van der Waals surface area contributed by atoms with Crippen LogP contribution < -0.4 is 16.2 Å². The molecule has 0 saturated heterocycles. The number of rotatable bonds is 4. The summed E-state index contributed by atoms with van der Waals surface area (Å²) in [7, 11) is 0. The molecule has 1 rings (SSSR count). The Morgan fingerprint density at radius 1 is 1.50 bits per heavy atom. The Bertz CT molecular complexity index is 342. The van der Waals surface area contributed by atoms with Crippen molar-refractivity contribution in [2.45, 2.75) is 6.42 Å². The summed E-state index contributed by atoms with van der Waals surface area (Å²) in [5.41, 5.74) is 10.2. The van der Waals surface area contributed by atoms with Crippen LogP contribution in [0, 0.1) is 5.82 Å². The number of benzene rings is 1. The van der Waals surface area contributed by atoms with E-state index in [-0.39, 0.29) is 18.7 Å². The summed E-state index contributed by atoms with van der Waals surface area (Å²) in [5, 5.41) is 0. The summed E-state index contributed by atoms with van der Waals surface area (Å²) in [4.78, 5) is 10.4. The highest BCUT2D eigenvalue weighted by Gasteiger charge is 2.01. The molecule has 0 aliphatic rings. The van der Waals surface area contributed by atoms with Gasteiger partial charge in [0.05, 0.1) is 18.7 Å². The number of amides is 1. The zero-order chi connectivity index (χ0) is 10.6. The number of nitrogen functional groups attached to an aromatic ring is 1. The van der Waals surface area contributed by atoms with Gasteiger partial charge in [-0.25, -0.2) is 4.39 Å². The number of carbonyl (C=O) groups is 1. The van der Waals surface area contributed by atoms with E-state index in [1.807, 2.05) is 0 Å². The van der Waals surface area contributed by atoms with Gasteiger partial charge in [-0.15, -0.1) is 0 Å². The summed E-state index contributed by atoms with van der Waals surface area (Å²) in [6.45, 7) is 0.138. The van der Waals surface area contributed by atoms with Gasteiger partial charge in [-0.05, 0) is 12.1 Å². The van der Waals surface area contributed by atoms with E-state index in [1.165, 1.54) is 12.1 Å². The minimum absolute atomic E-state index is 0.0623. The van der Waals surface area contributed by atoms with Crippen molar-refractivity contribution in [3.05, 3.63) is 24.0 Å². The molecule has 4 N–H and O–H groups in total. The third kappa shape index (κ3) is 2.93. The van der Waals surface area contributed by atoms with Crippen LogP contribution in [0.4, 0.5) is 10.1 Å². The molecule has 1 aromatic carbocycles. The molecule has 0 unspecified atom stereocenters. The molecule has 1 aromatic rings. The lowest BCUT2D eigenvalue weighted by atomic mass is 10.3. The van der Waals surface area contributed by atoms with E-state index in [9.17, 15) is 9.18 Å². The van der Waals surface area contributed by atoms with Crippen LogP contribution >= 0.6 is 0 Å². The van der Waals surface area contributed by atoms with Crippen molar-refractivity contribution in [1.82, 2.24) is 0 Å². The van der Waals surface area contributed by atoms with Gasteiger partial charge in [-0.3, -0.25) is 4.79 Å². The Hall–Kier alpha value is -1.78. The summed E-state index contributed by atoms with van der Waals surface area (Å²) in [5.74, 6) is -0.666. The summed E-state index contributed by atoms with van der Waals surface area (Å²) >= 11 is 0. The quantitative estimate of drug-likeness (QED) is 0.697. The molecule has 0 fully saturated rings. The standard InChI is InChI=1S/C9H11FN2O2/c10-7-5-6(1-2-8(7)11)14-4-3-9(12)13/h1-2,5H,3-4,11H2,(H2,12,13). The first-order valence-electron chi connectivity index (χ1n) is 4.05. The Balaban J connectivity index is 2.51. The Morgan fingerprint density at radius 3 is 2.79 bits per heavy atom. The largest absolute Gasteiger partial charge is 0.493 e. The highest BCUT2D eigenvalue weighted by Crippen LogP contribution is 2.17. The first-order valence-corrected chi connectivity index (χ1v) is 4.05. The zero-order valence-electron chi connectivity index (χ0n) is 7.50. The minimum Gasteiger partial charge on any atom is -0.493 e. The fourth-order valence-electron chi connectivity index (χ4n) is 0.867. The van der Waals surface area contributed by atoms with Crippen LogP contribution in [0.2, 0.25) is 0 Å². The number of ether oxygens (including phenoxy) is 1. The zero-order valence-corrected chi connectivity index (χ0v) is 7.50. The van der Waals surface area contributed by atoms with Crippen molar-refractivity contribution in [1.29, 1.82) is 0 Å². The molecule has 0 aliphatic heterocycles. The number of hydrogen-bond acceptors (Lipinski definition) is 3. The van der Waals surface area contributed by atoms with Crippen molar-refractivity contribution in [2.75, 3.05) is 12.3 Å². The highest BCUT2D eigenvalue weighted by atomic mass is 19.1. The Morgan fingerprint density at radius 2 is 2.21 bits per heavy atom. The summed E-state index contributed by atoms with van der Waals surface area (Å²) < 4.78 is 17.9. The number of halogens is 1. The normalized spacial score (nSPS) is 9.79. The first kappa shape index (κ1) is 10.3. The predicted octanol–water partition coefficient (Wildman–Crippen LogP) is 0.662. The number of carbonyl (C=O) groups excluding carboxylic acids is 1. The molecular formula is C9H11FN2O2. The van der Waals surface area contributed by atoms with Crippen LogP contribution in [0.3, 0.4) is 0 Å². The fraction of sp³-hybridized carbons (Fsp3) is 0.222. The number of primary amides is 1. The molecule has 0 heterocycles. The minimum atomic E-state index is -0.540. The first-order chi connectivity index (χ1) is 6.59. The Kier molecular flexibility index (Phi) is 3.28. The van der Waals surface area contributed by atoms with Gasteiger partial charge >= 0.3 is 0 Å². The fourth-order valence-corrected chi connectivity index (χ4v) is 0.867. The molecule has 0 spiro atoms. The van der Waals surface area contributed by atoms with Gasteiger partial charge in [-0.1, -0.05) is 0 Å². The van der Waals surface area contributed by atoms with Gasteiger partial charge in [0.1, 0.15) is 11.6 Å². The summed E-state index contributed by atoms with van der Waals surface area (Å²) in [6.07, 6.45) is 0.103. The van der Waals surface area contributed by atoms with E-state index in [0.717, 1.165) is 6.07 Å². The number of nitrogens with two attached hydrogens (primary N) is 2. The van der Waals surface area contributed by atoms with Crippen LogP contribution in [0.25, 0.3) is 0 Å². The molecule has 14 heavy (non-hydrogen) atoms. The van der Waals surface area contributed by atoms with E-state index in [2.05, 4.69) is 0 Å². The molecular weight excluding hydrogens is 187 g/mol. The SMILES string of the molecule is NC(=O)CCOc1ccc(N)c(F)c1. The smallest absolute Gasteiger partial charge is 0.220 e. The van der Waals surface area contributed by atoms with Crippen molar-refractivity contribution in [2.24, 2.45) is 5.73 Å². The maximum absolute atomic E-state index is 12.9. The second-order valence-corrected chi connectivity index (χ2v) is 2.75. The van der Waals surface area contributed by atoms with Gasteiger partial charge in [0.25, 0.3) is 0 Å². The van der Waals surface area contributed by atoms with Crippen LogP contribution in [0.1, 0.15) is 6.42 Å². The topological polar surface area (TPSA) is 78.3 Å². The molecule has 76 valence electrons. The molecule has 1 amide bonds. The van der Waals surface area contributed by atoms with Crippen molar-refractivity contribution >= 4 is 11.6 Å². The lowest BCUT2D eigenvalue weighted by Gasteiger charge is -2.05. The van der Waals surface area contributed by atoms with Crippen molar-refractivity contribution < 1.29 is 13.9 Å². The molecule has 4 nitrogen and oxygen atoms in total. The van der Waals surface area contributed by atoms with Crippen LogP contribution in [-0.2, 0) is 4.79 Å². The number of hydrogen-bond donors (Lipinski definition) is 2. The van der Waals surface area contributed by atoms with Crippen molar-refractivity contribution in [3.63, 3.8) is 0 Å². The van der Waals surface area contributed by atoms with Crippen LogP contribution in [0.15, 0.2) is 18.2 Å². The maximum atomic E-state index is 12.9. The van der Waals surface area contributed by atoms with E-state index >= 15 is 0 Å². The third-order valence-electron chi connectivity index (χ3n) is 1.59. The van der Waals surface area contributed by atoms with E-state index in [4.69, 9.17) is 16.2 Å². The van der Waals surface area contributed by atoms with Crippen LogP contribution in [-0.4, -0.2) is 12.5 Å². The molecule has 0 aliphatic carbocycles. The average molecular weight is 198 g/mol. The molecule has 0 bridgehead atoms. The molecule has 0 saturated carbocycles. The van der Waals surface area contributed by atoms with Gasteiger partial charge < -0.3 is 16.2 Å². The molecule has 5 heteroatoms. The van der Waals surface area contributed by atoms with Gasteiger partial charge in [0, 0.05) is 6.07 Å². The monoisotopic (exact) mass is 198 g/mol. The second kappa shape index (κ2) is 4.45. The van der Waals surface area contributed by atoms with E-state index in [1.54, 1.807) is 0 Å². The lowest BCUT2D eigenvalue weighted by Crippen LogP contribution is -2.14. The van der Waals surface area contributed by atoms with E-state index < -0.39 is 11.7 Å². The maximum Gasteiger partial charge on any atom is 0.220 e. The Labute approximate surface area is 80.6 Å². The lowest BCUT2D eigenvalue weighted by molar-refractivity contribution is -0.118. The van der Waals surface area contributed by atoms with Gasteiger partial charge in [-0.2, -0.15) is 0 Å². The van der Waals surface area contributed by atoms with E-state index in [0.29, 0.717) is 5.75 Å². The second-order valence-electron chi connectivity index (χ2n) is 2.75. The molecule has 0 aromatic heterocycles. The molecule has 0 radical (unpaired) electrons. The van der Waals surface area contributed by atoms with Gasteiger partial charge in [0.2, 0.25) is 5.91 Å². The highest BCUT2D eigenvalue weighted by molar-refractivity contribution is 5.73. The average Bonchev–Trinajstić information content (AvgIpc) is 2.10.